The molecule has 2 aromatic rings. The van der Waals surface area contributed by atoms with Crippen LogP contribution in [0.5, 0.6) is 11.5 Å². The molecule has 6 nitrogen and oxygen atoms in total. The van der Waals surface area contributed by atoms with E-state index < -0.39 is 0 Å². The molecule has 0 radical (unpaired) electrons. The molecule has 0 unspecified atom stereocenters. The number of halogens is 1. The first-order chi connectivity index (χ1) is 14.9. The van der Waals surface area contributed by atoms with Gasteiger partial charge in [-0.15, -0.1) is 0 Å². The number of carbonyl (C=O) groups is 2. The maximum atomic E-state index is 13.2. The van der Waals surface area contributed by atoms with Crippen molar-refractivity contribution in [1.29, 1.82) is 0 Å². The van der Waals surface area contributed by atoms with Gasteiger partial charge in [-0.05, 0) is 56.7 Å². The summed E-state index contributed by atoms with van der Waals surface area (Å²) in [7, 11) is 0. The van der Waals surface area contributed by atoms with E-state index in [0.29, 0.717) is 36.8 Å². The molecule has 0 aromatic heterocycles. The second-order valence-corrected chi connectivity index (χ2v) is 7.85. The molecule has 1 aliphatic rings. The molecule has 0 saturated carbocycles. The van der Waals surface area contributed by atoms with Crippen LogP contribution in [0.25, 0.3) is 0 Å². The molecule has 0 bridgehead atoms. The van der Waals surface area contributed by atoms with Crippen LogP contribution in [0.2, 0.25) is 0 Å². The van der Waals surface area contributed by atoms with Crippen LogP contribution in [0.15, 0.2) is 42.5 Å². The van der Waals surface area contributed by atoms with Crippen LogP contribution in [0, 0.1) is 5.82 Å². The summed E-state index contributed by atoms with van der Waals surface area (Å²) in [6.07, 6.45) is 0.742. The van der Waals surface area contributed by atoms with E-state index >= 15 is 0 Å². The Hall–Kier alpha value is -2.93. The van der Waals surface area contributed by atoms with Crippen molar-refractivity contribution >= 4 is 12.2 Å². The highest BCUT2D eigenvalue weighted by molar-refractivity contribution is 5.79. The fourth-order valence-electron chi connectivity index (χ4n) is 3.80. The SMILES string of the molecule is CCOc1cc(C=O)ccc1OCC(=O)N1C[C@@H](C)N(Cc2ccc(F)cc2)C[C@@H]1C. The monoisotopic (exact) mass is 428 g/mol. The first-order valence-corrected chi connectivity index (χ1v) is 10.5. The van der Waals surface area contributed by atoms with Crippen molar-refractivity contribution in [2.24, 2.45) is 0 Å². The van der Waals surface area contributed by atoms with Crippen LogP contribution >= 0.6 is 0 Å². The van der Waals surface area contributed by atoms with Crippen molar-refractivity contribution in [3.63, 3.8) is 0 Å². The van der Waals surface area contributed by atoms with Gasteiger partial charge in [0.2, 0.25) is 0 Å². The number of hydrogen-bond donors (Lipinski definition) is 0. The number of rotatable bonds is 8. The molecule has 0 N–H and O–H groups in total. The van der Waals surface area contributed by atoms with Crippen molar-refractivity contribution < 1.29 is 23.5 Å². The quantitative estimate of drug-likeness (QED) is 0.602. The second kappa shape index (κ2) is 10.4. The van der Waals surface area contributed by atoms with Crippen LogP contribution in [0.4, 0.5) is 4.39 Å². The molecule has 2 aromatic carbocycles. The van der Waals surface area contributed by atoms with Crippen LogP contribution < -0.4 is 9.47 Å². The number of nitrogens with zero attached hydrogens (tertiary/aromatic N) is 2. The standard InChI is InChI=1S/C24H29FN2O4/c1-4-30-23-11-20(15-28)7-10-22(23)31-16-24(29)27-13-17(2)26(12-18(27)3)14-19-5-8-21(25)9-6-19/h5-11,15,17-18H,4,12-14,16H2,1-3H3/t17-,18+/m1/s1. The molecule has 31 heavy (non-hydrogen) atoms. The van der Waals surface area contributed by atoms with E-state index in [-0.39, 0.29) is 30.4 Å². The van der Waals surface area contributed by atoms with Crippen molar-refractivity contribution in [2.75, 3.05) is 26.3 Å². The molecule has 0 spiro atoms. The molecule has 1 saturated heterocycles. The van der Waals surface area contributed by atoms with Gasteiger partial charge in [-0.3, -0.25) is 14.5 Å². The lowest BCUT2D eigenvalue weighted by molar-refractivity contribution is -0.139. The number of aldehydes is 1. The van der Waals surface area contributed by atoms with Gasteiger partial charge in [-0.2, -0.15) is 0 Å². The highest BCUT2D eigenvalue weighted by atomic mass is 19.1. The van der Waals surface area contributed by atoms with Gasteiger partial charge in [0.1, 0.15) is 12.1 Å². The van der Waals surface area contributed by atoms with Gasteiger partial charge in [-0.25, -0.2) is 4.39 Å². The highest BCUT2D eigenvalue weighted by Gasteiger charge is 2.32. The predicted molar refractivity (Wildman–Crippen MR) is 116 cm³/mol. The molecule has 7 heteroatoms. The number of ether oxygens (including phenoxy) is 2. The Labute approximate surface area is 182 Å². The molecule has 1 amide bonds. The molecule has 0 aliphatic carbocycles. The largest absolute Gasteiger partial charge is 0.490 e. The third-order valence-electron chi connectivity index (χ3n) is 5.49. The molecule has 166 valence electrons. The Morgan fingerprint density at radius 1 is 1.06 bits per heavy atom. The number of hydrogen-bond acceptors (Lipinski definition) is 5. The molecular weight excluding hydrogens is 399 g/mol. The van der Waals surface area contributed by atoms with Gasteiger partial charge in [0, 0.05) is 37.3 Å². The van der Waals surface area contributed by atoms with E-state index in [2.05, 4.69) is 11.8 Å². The second-order valence-electron chi connectivity index (χ2n) is 7.85. The Morgan fingerprint density at radius 3 is 2.48 bits per heavy atom. The molecule has 1 fully saturated rings. The van der Waals surface area contributed by atoms with Crippen LogP contribution in [0.3, 0.4) is 0 Å². The minimum absolute atomic E-state index is 0.0246. The van der Waals surface area contributed by atoms with E-state index in [4.69, 9.17) is 9.47 Å². The molecule has 3 rings (SSSR count). The zero-order valence-electron chi connectivity index (χ0n) is 18.2. The maximum Gasteiger partial charge on any atom is 0.260 e. The summed E-state index contributed by atoms with van der Waals surface area (Å²) in [6, 6.07) is 11.6. The van der Waals surface area contributed by atoms with E-state index in [9.17, 15) is 14.0 Å². The van der Waals surface area contributed by atoms with E-state index in [0.717, 1.165) is 18.4 Å². The van der Waals surface area contributed by atoms with Gasteiger partial charge >= 0.3 is 0 Å². The van der Waals surface area contributed by atoms with Gasteiger partial charge in [0.25, 0.3) is 5.91 Å². The summed E-state index contributed by atoms with van der Waals surface area (Å²) in [5, 5.41) is 0. The molecular formula is C24H29FN2O4. The first kappa shape index (κ1) is 22.7. The minimum atomic E-state index is -0.242. The number of piperazine rings is 1. The first-order valence-electron chi connectivity index (χ1n) is 10.5. The van der Waals surface area contributed by atoms with Crippen molar-refractivity contribution in [1.82, 2.24) is 9.80 Å². The lowest BCUT2D eigenvalue weighted by atomic mass is 10.1. The minimum Gasteiger partial charge on any atom is -0.490 e. The topological polar surface area (TPSA) is 59.1 Å². The third-order valence-corrected chi connectivity index (χ3v) is 5.49. The van der Waals surface area contributed by atoms with Crippen molar-refractivity contribution in [3.8, 4) is 11.5 Å². The number of amides is 1. The van der Waals surface area contributed by atoms with Gasteiger partial charge in [0.15, 0.2) is 18.1 Å². The lowest BCUT2D eigenvalue weighted by Gasteiger charge is -2.44. The lowest BCUT2D eigenvalue weighted by Crippen LogP contribution is -2.58. The summed E-state index contributed by atoms with van der Waals surface area (Å²) < 4.78 is 24.4. The molecule has 1 aliphatic heterocycles. The number of carbonyl (C=O) groups excluding carboxylic acids is 2. The van der Waals surface area contributed by atoms with E-state index in [1.165, 1.54) is 12.1 Å². The van der Waals surface area contributed by atoms with Crippen molar-refractivity contribution in [3.05, 3.63) is 59.4 Å². The average molecular weight is 429 g/mol. The highest BCUT2D eigenvalue weighted by Crippen LogP contribution is 2.28. The smallest absolute Gasteiger partial charge is 0.260 e. The zero-order chi connectivity index (χ0) is 22.4. The zero-order valence-corrected chi connectivity index (χ0v) is 18.2. The Kier molecular flexibility index (Phi) is 7.63. The fraction of sp³-hybridized carbons (Fsp3) is 0.417. The summed E-state index contributed by atoms with van der Waals surface area (Å²) in [6.45, 7) is 8.30. The van der Waals surface area contributed by atoms with Gasteiger partial charge in [0.05, 0.1) is 6.61 Å². The summed E-state index contributed by atoms with van der Waals surface area (Å²) in [4.78, 5) is 28.0. The Bertz CT molecular complexity index is 903. The average Bonchev–Trinajstić information content (AvgIpc) is 2.76. The molecule has 2 atom stereocenters. The summed E-state index contributed by atoms with van der Waals surface area (Å²) in [5.41, 5.74) is 1.53. The van der Waals surface area contributed by atoms with Crippen LogP contribution in [0.1, 0.15) is 36.7 Å². The maximum absolute atomic E-state index is 13.2. The van der Waals surface area contributed by atoms with E-state index in [1.807, 2.05) is 18.7 Å². The van der Waals surface area contributed by atoms with Crippen LogP contribution in [-0.2, 0) is 11.3 Å². The van der Waals surface area contributed by atoms with Crippen molar-refractivity contribution in [2.45, 2.75) is 39.4 Å². The number of benzene rings is 2. The molecule has 1 heterocycles. The fourth-order valence-corrected chi connectivity index (χ4v) is 3.80. The van der Waals surface area contributed by atoms with Gasteiger partial charge in [-0.1, -0.05) is 12.1 Å². The predicted octanol–water partition coefficient (Wildman–Crippen LogP) is 3.54. The van der Waals surface area contributed by atoms with Gasteiger partial charge < -0.3 is 14.4 Å². The third kappa shape index (κ3) is 5.82. The Morgan fingerprint density at radius 2 is 1.81 bits per heavy atom. The van der Waals surface area contributed by atoms with E-state index in [1.54, 1.807) is 30.3 Å². The van der Waals surface area contributed by atoms with Crippen LogP contribution in [-0.4, -0.2) is 60.4 Å². The summed E-state index contributed by atoms with van der Waals surface area (Å²) >= 11 is 0. The summed E-state index contributed by atoms with van der Waals surface area (Å²) in [5.74, 6) is 0.554. The normalized spacial score (nSPS) is 19.2. The Balaban J connectivity index is 1.59.